The van der Waals surface area contributed by atoms with E-state index in [2.05, 4.69) is 0 Å². The van der Waals surface area contributed by atoms with Crippen LogP contribution in [-0.2, 0) is 17.7 Å². The molecule has 0 N–H and O–H groups in total. The van der Waals surface area contributed by atoms with Gasteiger partial charge in [-0.25, -0.2) is 0 Å². The topological polar surface area (TPSA) is 98.2 Å². The Morgan fingerprint density at radius 3 is 2.96 bits per heavy atom. The highest BCUT2D eigenvalue weighted by molar-refractivity contribution is 5.38. The van der Waals surface area contributed by atoms with Gasteiger partial charge >= 0.3 is 0 Å². The Morgan fingerprint density at radius 1 is 1.43 bits per heavy atom. The van der Waals surface area contributed by atoms with Crippen LogP contribution in [-0.4, -0.2) is 16.1 Å². The molecule has 23 heavy (non-hydrogen) atoms. The first kappa shape index (κ1) is 14.9. The van der Waals surface area contributed by atoms with Crippen LogP contribution >= 0.6 is 0 Å². The number of hydrogen-bond acceptors (Lipinski definition) is 5. The molecule has 0 bridgehead atoms. The van der Waals surface area contributed by atoms with Gasteiger partial charge in [0.15, 0.2) is 0 Å². The van der Waals surface area contributed by atoms with Gasteiger partial charge in [0, 0.05) is 6.07 Å². The van der Waals surface area contributed by atoms with E-state index in [4.69, 9.17) is 10.00 Å². The maximum absolute atomic E-state index is 12.2. The first-order valence-electron chi connectivity index (χ1n) is 7.08. The lowest BCUT2D eigenvalue weighted by Crippen LogP contribution is -2.28. The largest absolute Gasteiger partial charge is 0.371 e. The molecule has 1 atom stereocenters. The summed E-state index contributed by atoms with van der Waals surface area (Å²) in [5, 5.41) is 20.0. The number of aromatic nitrogens is 1. The molecule has 2 heterocycles. The molecule has 0 spiro atoms. The summed E-state index contributed by atoms with van der Waals surface area (Å²) in [6.45, 7) is 0.655. The standard InChI is InChI=1S/C16H13N3O4/c17-8-12-7-13(19(21)22)9-18(16(12)20)10-15-14-4-2-1-3-11(14)5-6-23-15/h1-4,7,9,15H,5-6,10H2/t15-/m0/s1. The van der Waals surface area contributed by atoms with E-state index in [0.29, 0.717) is 6.61 Å². The van der Waals surface area contributed by atoms with Gasteiger partial charge in [0.25, 0.3) is 11.2 Å². The maximum Gasteiger partial charge on any atom is 0.287 e. The fraction of sp³-hybridized carbons (Fsp3) is 0.250. The molecule has 0 fully saturated rings. The second kappa shape index (κ2) is 6.02. The van der Waals surface area contributed by atoms with E-state index in [1.165, 1.54) is 4.57 Å². The van der Waals surface area contributed by atoms with Gasteiger partial charge in [0.1, 0.15) is 17.7 Å². The van der Waals surface area contributed by atoms with Gasteiger partial charge in [0.05, 0.1) is 24.3 Å². The fourth-order valence-corrected chi connectivity index (χ4v) is 2.74. The second-order valence-electron chi connectivity index (χ2n) is 5.25. The van der Waals surface area contributed by atoms with Crippen molar-refractivity contribution < 1.29 is 9.66 Å². The van der Waals surface area contributed by atoms with Gasteiger partial charge in [-0.3, -0.25) is 14.9 Å². The number of nitro groups is 1. The van der Waals surface area contributed by atoms with Crippen LogP contribution in [0.2, 0.25) is 0 Å². The second-order valence-corrected chi connectivity index (χ2v) is 5.25. The minimum absolute atomic E-state index is 0.131. The molecule has 0 aliphatic carbocycles. The molecule has 7 heteroatoms. The molecule has 1 aromatic heterocycles. The highest BCUT2D eigenvalue weighted by Crippen LogP contribution is 2.28. The van der Waals surface area contributed by atoms with Crippen LogP contribution in [0, 0.1) is 21.4 Å². The molecular formula is C16H13N3O4. The smallest absolute Gasteiger partial charge is 0.287 e. The van der Waals surface area contributed by atoms with E-state index in [1.54, 1.807) is 6.07 Å². The third kappa shape index (κ3) is 2.84. The minimum atomic E-state index is -0.619. The highest BCUT2D eigenvalue weighted by Gasteiger charge is 2.23. The number of rotatable bonds is 3. The maximum atomic E-state index is 12.2. The molecule has 1 aromatic carbocycles. The van der Waals surface area contributed by atoms with E-state index >= 15 is 0 Å². The number of fused-ring (bicyclic) bond motifs is 1. The Kier molecular flexibility index (Phi) is 3.91. The minimum Gasteiger partial charge on any atom is -0.371 e. The van der Waals surface area contributed by atoms with E-state index < -0.39 is 10.5 Å². The molecule has 0 unspecified atom stereocenters. The summed E-state index contributed by atoms with van der Waals surface area (Å²) in [5.41, 5.74) is 1.02. The molecule has 7 nitrogen and oxygen atoms in total. The average Bonchev–Trinajstić information content (AvgIpc) is 2.56. The predicted molar refractivity (Wildman–Crippen MR) is 80.9 cm³/mol. The van der Waals surface area contributed by atoms with Crippen LogP contribution in [0.1, 0.15) is 22.8 Å². The first-order valence-corrected chi connectivity index (χ1v) is 7.08. The molecule has 0 radical (unpaired) electrons. The van der Waals surface area contributed by atoms with Crippen molar-refractivity contribution in [3.8, 4) is 6.07 Å². The van der Waals surface area contributed by atoms with Crippen LogP contribution in [0.5, 0.6) is 0 Å². The summed E-state index contributed by atoms with van der Waals surface area (Å²) >= 11 is 0. The summed E-state index contributed by atoms with van der Waals surface area (Å²) < 4.78 is 6.91. The monoisotopic (exact) mass is 311 g/mol. The molecular weight excluding hydrogens is 298 g/mol. The van der Waals surface area contributed by atoms with Crippen molar-refractivity contribution in [3.05, 3.63) is 73.7 Å². The van der Waals surface area contributed by atoms with Gasteiger partial charge < -0.3 is 9.30 Å². The van der Waals surface area contributed by atoms with Crippen molar-refractivity contribution in [2.45, 2.75) is 19.1 Å². The zero-order valence-corrected chi connectivity index (χ0v) is 12.1. The fourth-order valence-electron chi connectivity index (χ4n) is 2.74. The lowest BCUT2D eigenvalue weighted by Gasteiger charge is -2.26. The predicted octanol–water partition coefficient (Wildman–Crippen LogP) is 1.94. The molecule has 1 aliphatic heterocycles. The molecule has 0 saturated carbocycles. The van der Waals surface area contributed by atoms with Gasteiger partial charge in [-0.1, -0.05) is 24.3 Å². The summed E-state index contributed by atoms with van der Waals surface area (Å²) in [6.07, 6.45) is 1.58. The van der Waals surface area contributed by atoms with E-state index in [-0.39, 0.29) is 23.9 Å². The molecule has 2 aromatic rings. The Hall–Kier alpha value is -2.98. The lowest BCUT2D eigenvalue weighted by atomic mass is 9.97. The van der Waals surface area contributed by atoms with Crippen molar-refractivity contribution in [1.29, 1.82) is 5.26 Å². The molecule has 3 rings (SSSR count). The van der Waals surface area contributed by atoms with Crippen molar-refractivity contribution in [1.82, 2.24) is 4.57 Å². The van der Waals surface area contributed by atoms with Gasteiger partial charge in [-0.15, -0.1) is 0 Å². The van der Waals surface area contributed by atoms with Crippen LogP contribution in [0.4, 0.5) is 5.69 Å². The van der Waals surface area contributed by atoms with E-state index in [0.717, 1.165) is 29.8 Å². The lowest BCUT2D eigenvalue weighted by molar-refractivity contribution is -0.385. The number of benzene rings is 1. The Bertz CT molecular complexity index is 866. The Morgan fingerprint density at radius 2 is 2.22 bits per heavy atom. The summed E-state index contributed by atoms with van der Waals surface area (Å²) in [7, 11) is 0. The van der Waals surface area contributed by atoms with Crippen LogP contribution in [0.25, 0.3) is 0 Å². The third-order valence-corrected chi connectivity index (χ3v) is 3.86. The average molecular weight is 311 g/mol. The van der Waals surface area contributed by atoms with Crippen molar-refractivity contribution in [3.63, 3.8) is 0 Å². The molecule has 116 valence electrons. The SMILES string of the molecule is N#Cc1cc([N+](=O)[O-])cn(C[C@@H]2OCCc3ccccc32)c1=O. The van der Waals surface area contributed by atoms with Crippen molar-refractivity contribution >= 4 is 5.69 Å². The number of ether oxygens (including phenoxy) is 1. The summed E-state index contributed by atoms with van der Waals surface area (Å²) in [4.78, 5) is 22.6. The first-order chi connectivity index (χ1) is 11.1. The van der Waals surface area contributed by atoms with Crippen molar-refractivity contribution in [2.75, 3.05) is 6.61 Å². The zero-order chi connectivity index (χ0) is 16.4. The van der Waals surface area contributed by atoms with Gasteiger partial charge in [0.2, 0.25) is 0 Å². The number of pyridine rings is 1. The summed E-state index contributed by atoms with van der Waals surface area (Å²) in [6, 6.07) is 10.5. The molecule has 0 amide bonds. The van der Waals surface area contributed by atoms with Gasteiger partial charge in [-0.05, 0) is 17.5 Å². The number of hydrogen-bond donors (Lipinski definition) is 0. The highest BCUT2D eigenvalue weighted by atomic mass is 16.6. The van der Waals surface area contributed by atoms with E-state index in [1.807, 2.05) is 24.3 Å². The molecule has 0 saturated heterocycles. The van der Waals surface area contributed by atoms with E-state index in [9.17, 15) is 14.9 Å². The number of nitriles is 1. The molecule has 1 aliphatic rings. The third-order valence-electron chi connectivity index (χ3n) is 3.86. The van der Waals surface area contributed by atoms with Crippen LogP contribution in [0.15, 0.2) is 41.3 Å². The zero-order valence-electron chi connectivity index (χ0n) is 12.1. The number of nitrogens with zero attached hydrogens (tertiary/aromatic N) is 3. The normalized spacial score (nSPS) is 16.4. The quantitative estimate of drug-likeness (QED) is 0.637. The Labute approximate surface area is 131 Å². The Balaban J connectivity index is 2.01. The van der Waals surface area contributed by atoms with Gasteiger partial charge in [-0.2, -0.15) is 5.26 Å². The van der Waals surface area contributed by atoms with Crippen LogP contribution < -0.4 is 5.56 Å². The summed E-state index contributed by atoms with van der Waals surface area (Å²) in [5.74, 6) is 0. The van der Waals surface area contributed by atoms with Crippen molar-refractivity contribution in [2.24, 2.45) is 0 Å². The van der Waals surface area contributed by atoms with Crippen LogP contribution in [0.3, 0.4) is 0 Å².